The predicted molar refractivity (Wildman–Crippen MR) is 140 cm³/mol. The monoisotopic (exact) mass is 529 g/mol. The van der Waals surface area contributed by atoms with Gasteiger partial charge in [-0.15, -0.1) is 0 Å². The first-order chi connectivity index (χ1) is 17.8. The van der Waals surface area contributed by atoms with Gasteiger partial charge in [-0.05, 0) is 48.9 Å². The Morgan fingerprint density at radius 3 is 2.68 bits per heavy atom. The highest BCUT2D eigenvalue weighted by molar-refractivity contribution is 6.30. The molecule has 5 rings (SSSR count). The fourth-order valence-corrected chi connectivity index (χ4v) is 6.82. The van der Waals surface area contributed by atoms with E-state index in [2.05, 4.69) is 24.5 Å². The molecule has 1 saturated carbocycles. The molecule has 2 bridgehead atoms. The predicted octanol–water partition coefficient (Wildman–Crippen LogP) is 3.41. The lowest BCUT2D eigenvalue weighted by molar-refractivity contribution is -0.141. The number of benzene rings is 1. The Balaban J connectivity index is 1.42. The number of carbonyl (C=O) groups is 3. The van der Waals surface area contributed by atoms with E-state index >= 15 is 0 Å². The van der Waals surface area contributed by atoms with Gasteiger partial charge in [0.15, 0.2) is 0 Å². The van der Waals surface area contributed by atoms with Crippen LogP contribution in [0.25, 0.3) is 0 Å². The van der Waals surface area contributed by atoms with Crippen molar-refractivity contribution in [3.63, 3.8) is 0 Å². The molecule has 8 atom stereocenters. The third kappa shape index (κ3) is 4.57. The van der Waals surface area contributed by atoms with E-state index in [1.165, 1.54) is 0 Å². The van der Waals surface area contributed by atoms with Crippen LogP contribution in [0.1, 0.15) is 39.5 Å². The molecular formula is C28H36ClN3O5. The summed E-state index contributed by atoms with van der Waals surface area (Å²) in [5, 5.41) is 6.75. The summed E-state index contributed by atoms with van der Waals surface area (Å²) in [6, 6.07) is 6.05. The number of halogens is 1. The van der Waals surface area contributed by atoms with Gasteiger partial charge in [-0.2, -0.15) is 0 Å². The van der Waals surface area contributed by atoms with Crippen molar-refractivity contribution in [1.82, 2.24) is 10.2 Å². The van der Waals surface area contributed by atoms with Gasteiger partial charge in [-0.25, -0.2) is 0 Å². The number of hydrogen-bond donors (Lipinski definition) is 2. The number of amides is 3. The van der Waals surface area contributed by atoms with Gasteiger partial charge in [0, 0.05) is 37.0 Å². The summed E-state index contributed by atoms with van der Waals surface area (Å²) in [5.74, 6) is -1.36. The average molecular weight is 530 g/mol. The van der Waals surface area contributed by atoms with Gasteiger partial charge in [0.2, 0.25) is 17.7 Å². The third-order valence-corrected chi connectivity index (χ3v) is 9.07. The molecule has 3 amide bonds. The molecule has 1 spiro atoms. The Bertz CT molecular complexity index is 1080. The quantitative estimate of drug-likeness (QED) is 0.397. The SMILES string of the molecule is COCCCN1C(=O)[C@H]2[C@H](C(=O)Nc3ccc(Cl)cc3)[C@H]3C=C[C@@]2(O3)[C@@H]1C(=O)N[C@@H]1CCC[C@H](C)[C@@H]1C. The first-order valence-electron chi connectivity index (χ1n) is 13.3. The molecule has 0 aromatic heterocycles. The lowest BCUT2D eigenvalue weighted by atomic mass is 9.73. The zero-order valence-corrected chi connectivity index (χ0v) is 22.4. The standard InChI is InChI=1S/C28H36ClN3O5/c1-16-6-4-7-20(17(16)2)31-26(34)24-28-13-12-21(37-28)22(23(28)27(35)32(24)14-5-15-36-3)25(33)30-19-10-8-18(29)9-11-19/h8-13,16-17,20-24H,4-7,14-15H2,1-3H3,(H,30,33)(H,31,34)/t16-,17-,20+,21+,22+,23+,24-,28-/m0/s1. The van der Waals surface area contributed by atoms with Crippen molar-refractivity contribution in [3.05, 3.63) is 41.4 Å². The first-order valence-corrected chi connectivity index (χ1v) is 13.7. The molecule has 1 aromatic rings. The van der Waals surface area contributed by atoms with Gasteiger partial charge in [0.05, 0.1) is 17.9 Å². The first kappa shape index (κ1) is 26.2. The summed E-state index contributed by atoms with van der Waals surface area (Å²) in [4.78, 5) is 42.9. The van der Waals surface area contributed by atoms with E-state index in [1.807, 2.05) is 12.2 Å². The van der Waals surface area contributed by atoms with Crippen LogP contribution < -0.4 is 10.6 Å². The van der Waals surface area contributed by atoms with Crippen molar-refractivity contribution in [1.29, 1.82) is 0 Å². The molecule has 3 aliphatic heterocycles. The zero-order chi connectivity index (χ0) is 26.3. The normalized spacial score (nSPS) is 36.1. The second-order valence-corrected chi connectivity index (χ2v) is 11.4. The van der Waals surface area contributed by atoms with Crippen LogP contribution in [0.2, 0.25) is 5.02 Å². The van der Waals surface area contributed by atoms with Gasteiger partial charge in [0.1, 0.15) is 11.6 Å². The molecule has 0 unspecified atom stereocenters. The van der Waals surface area contributed by atoms with Crippen LogP contribution in [0.15, 0.2) is 36.4 Å². The molecule has 37 heavy (non-hydrogen) atoms. The fourth-order valence-electron chi connectivity index (χ4n) is 6.69. The molecular weight excluding hydrogens is 494 g/mol. The molecule has 2 N–H and O–H groups in total. The highest BCUT2D eigenvalue weighted by Crippen LogP contribution is 2.55. The van der Waals surface area contributed by atoms with Gasteiger partial charge >= 0.3 is 0 Å². The summed E-state index contributed by atoms with van der Waals surface area (Å²) < 4.78 is 11.6. The van der Waals surface area contributed by atoms with Gasteiger partial charge < -0.3 is 25.0 Å². The van der Waals surface area contributed by atoms with Crippen molar-refractivity contribution in [2.45, 2.75) is 63.3 Å². The van der Waals surface area contributed by atoms with E-state index in [0.717, 1.165) is 19.3 Å². The van der Waals surface area contributed by atoms with Crippen molar-refractivity contribution >= 4 is 35.0 Å². The fraction of sp³-hybridized carbons (Fsp3) is 0.607. The second kappa shape index (κ2) is 10.4. The maximum absolute atomic E-state index is 13.9. The van der Waals surface area contributed by atoms with Gasteiger partial charge in [-0.3, -0.25) is 14.4 Å². The molecule has 8 nitrogen and oxygen atoms in total. The molecule has 9 heteroatoms. The minimum absolute atomic E-state index is 0.0502. The van der Waals surface area contributed by atoms with E-state index in [4.69, 9.17) is 21.1 Å². The van der Waals surface area contributed by atoms with Crippen molar-refractivity contribution in [2.75, 3.05) is 25.6 Å². The highest BCUT2D eigenvalue weighted by Gasteiger charge is 2.72. The maximum Gasteiger partial charge on any atom is 0.246 e. The smallest absolute Gasteiger partial charge is 0.246 e. The van der Waals surface area contributed by atoms with E-state index in [1.54, 1.807) is 36.3 Å². The molecule has 1 aromatic carbocycles. The molecule has 3 heterocycles. The lowest BCUT2D eigenvalue weighted by Crippen LogP contribution is -2.58. The number of anilines is 1. The maximum atomic E-state index is 13.9. The summed E-state index contributed by atoms with van der Waals surface area (Å²) in [7, 11) is 1.61. The van der Waals surface area contributed by atoms with Crippen molar-refractivity contribution in [2.24, 2.45) is 23.7 Å². The van der Waals surface area contributed by atoms with E-state index in [0.29, 0.717) is 42.1 Å². The van der Waals surface area contributed by atoms with Crippen LogP contribution in [-0.4, -0.2) is 66.7 Å². The molecule has 2 saturated heterocycles. The van der Waals surface area contributed by atoms with Crippen LogP contribution in [-0.2, 0) is 23.9 Å². The van der Waals surface area contributed by atoms with Gasteiger partial charge in [-0.1, -0.05) is 50.4 Å². The van der Waals surface area contributed by atoms with Crippen LogP contribution in [0.5, 0.6) is 0 Å². The molecule has 0 radical (unpaired) electrons. The molecule has 200 valence electrons. The second-order valence-electron chi connectivity index (χ2n) is 11.0. The summed E-state index contributed by atoms with van der Waals surface area (Å²) in [6.45, 7) is 5.22. The minimum Gasteiger partial charge on any atom is -0.385 e. The van der Waals surface area contributed by atoms with E-state index in [-0.39, 0.29) is 23.8 Å². The average Bonchev–Trinajstić information content (AvgIpc) is 3.51. The minimum atomic E-state index is -1.16. The van der Waals surface area contributed by atoms with Gasteiger partial charge in [0.25, 0.3) is 0 Å². The number of nitrogens with zero attached hydrogens (tertiary/aromatic N) is 1. The number of fused-ring (bicyclic) bond motifs is 1. The summed E-state index contributed by atoms with van der Waals surface area (Å²) in [6.07, 6.45) is 6.84. The Hall–Kier alpha value is -2.42. The third-order valence-electron chi connectivity index (χ3n) is 8.82. The number of nitrogens with one attached hydrogen (secondary N) is 2. The van der Waals surface area contributed by atoms with Crippen LogP contribution >= 0.6 is 11.6 Å². The van der Waals surface area contributed by atoms with E-state index < -0.39 is 29.6 Å². The van der Waals surface area contributed by atoms with Crippen molar-refractivity contribution < 1.29 is 23.9 Å². The topological polar surface area (TPSA) is 97.0 Å². The molecule has 3 fully saturated rings. The number of methoxy groups -OCH3 is 1. The van der Waals surface area contributed by atoms with Crippen LogP contribution in [0.3, 0.4) is 0 Å². The number of rotatable bonds is 8. The van der Waals surface area contributed by atoms with Crippen molar-refractivity contribution in [3.8, 4) is 0 Å². The Morgan fingerprint density at radius 2 is 1.95 bits per heavy atom. The number of carbonyl (C=O) groups excluding carboxylic acids is 3. The Morgan fingerprint density at radius 1 is 1.19 bits per heavy atom. The van der Waals surface area contributed by atoms with Crippen LogP contribution in [0.4, 0.5) is 5.69 Å². The molecule has 4 aliphatic rings. The highest BCUT2D eigenvalue weighted by atomic mass is 35.5. The zero-order valence-electron chi connectivity index (χ0n) is 21.6. The largest absolute Gasteiger partial charge is 0.385 e. The van der Waals surface area contributed by atoms with E-state index in [9.17, 15) is 14.4 Å². The number of likely N-dealkylation sites (tertiary alicyclic amines) is 1. The molecule has 1 aliphatic carbocycles. The number of ether oxygens (including phenoxy) is 2. The summed E-state index contributed by atoms with van der Waals surface area (Å²) in [5.41, 5.74) is -0.572. The Kier molecular flexibility index (Phi) is 7.35. The summed E-state index contributed by atoms with van der Waals surface area (Å²) >= 11 is 5.98. The Labute approximate surface area is 223 Å². The van der Waals surface area contributed by atoms with Crippen LogP contribution in [0, 0.1) is 23.7 Å². The lowest BCUT2D eigenvalue weighted by Gasteiger charge is -2.38. The number of hydrogen-bond acceptors (Lipinski definition) is 5.